The number of rotatable bonds is 4. The summed E-state index contributed by atoms with van der Waals surface area (Å²) >= 11 is 0. The van der Waals surface area contributed by atoms with E-state index in [1.54, 1.807) is 0 Å². The maximum atomic E-state index is 9.11. The number of nitrogens with one attached hydrogen (secondary N) is 1. The molecular weight excluding hydrogens is 216 g/mol. The van der Waals surface area contributed by atoms with Crippen molar-refractivity contribution in [3.05, 3.63) is 29.8 Å². The quantitative estimate of drug-likeness (QED) is 0.804. The molecule has 1 aliphatic rings. The molecule has 0 aliphatic carbocycles. The fourth-order valence-electron chi connectivity index (χ4n) is 2.09. The van der Waals surface area contributed by atoms with E-state index in [4.69, 9.17) is 9.84 Å². The minimum atomic E-state index is -0.0549. The highest BCUT2D eigenvalue weighted by Crippen LogP contribution is 2.18. The van der Waals surface area contributed by atoms with Gasteiger partial charge in [0, 0.05) is 25.3 Å². The van der Waals surface area contributed by atoms with Gasteiger partial charge in [-0.05, 0) is 24.7 Å². The lowest BCUT2D eigenvalue weighted by Gasteiger charge is -2.33. The van der Waals surface area contributed by atoms with Crippen molar-refractivity contribution in [2.75, 3.05) is 38.3 Å². The average Bonchev–Trinajstić information content (AvgIpc) is 2.40. The monoisotopic (exact) mass is 236 g/mol. The van der Waals surface area contributed by atoms with Gasteiger partial charge in [-0.25, -0.2) is 0 Å². The summed E-state index contributed by atoms with van der Waals surface area (Å²) in [4.78, 5) is 2.26. The lowest BCUT2D eigenvalue weighted by atomic mass is 10.1. The molecule has 0 saturated carbocycles. The summed E-state index contributed by atoms with van der Waals surface area (Å²) in [6.45, 7) is 3.32. The number of aliphatic hydroxyl groups is 1. The SMILES string of the molecule is CNCc1ccc(N2CCOC(CO)C2)cc1. The van der Waals surface area contributed by atoms with Crippen LogP contribution in [-0.4, -0.2) is 44.6 Å². The largest absolute Gasteiger partial charge is 0.394 e. The van der Waals surface area contributed by atoms with Crippen molar-refractivity contribution < 1.29 is 9.84 Å². The predicted molar refractivity (Wildman–Crippen MR) is 68.2 cm³/mol. The lowest BCUT2D eigenvalue weighted by molar-refractivity contribution is 0.00357. The van der Waals surface area contributed by atoms with E-state index in [2.05, 4.69) is 34.5 Å². The summed E-state index contributed by atoms with van der Waals surface area (Å²) in [6, 6.07) is 8.53. The van der Waals surface area contributed by atoms with Gasteiger partial charge in [-0.15, -0.1) is 0 Å². The fourth-order valence-corrected chi connectivity index (χ4v) is 2.09. The van der Waals surface area contributed by atoms with Crippen LogP contribution < -0.4 is 10.2 Å². The molecule has 1 saturated heterocycles. The maximum absolute atomic E-state index is 9.11. The molecule has 1 heterocycles. The molecule has 1 aromatic carbocycles. The zero-order valence-corrected chi connectivity index (χ0v) is 10.2. The van der Waals surface area contributed by atoms with E-state index in [1.807, 2.05) is 7.05 Å². The van der Waals surface area contributed by atoms with Crippen molar-refractivity contribution in [2.24, 2.45) is 0 Å². The molecule has 4 heteroatoms. The lowest BCUT2D eigenvalue weighted by Crippen LogP contribution is -2.44. The van der Waals surface area contributed by atoms with Crippen molar-refractivity contribution in [3.8, 4) is 0 Å². The molecule has 2 N–H and O–H groups in total. The van der Waals surface area contributed by atoms with Crippen LogP contribution in [0.5, 0.6) is 0 Å². The Morgan fingerprint density at radius 2 is 2.18 bits per heavy atom. The molecule has 2 rings (SSSR count). The van der Waals surface area contributed by atoms with E-state index in [0.29, 0.717) is 6.61 Å². The van der Waals surface area contributed by atoms with Crippen LogP contribution in [-0.2, 0) is 11.3 Å². The Labute approximate surface area is 102 Å². The van der Waals surface area contributed by atoms with E-state index in [1.165, 1.54) is 11.3 Å². The molecule has 1 aromatic rings. The summed E-state index contributed by atoms with van der Waals surface area (Å²) < 4.78 is 5.44. The number of aliphatic hydroxyl groups excluding tert-OH is 1. The number of benzene rings is 1. The van der Waals surface area contributed by atoms with Gasteiger partial charge >= 0.3 is 0 Å². The standard InChI is InChI=1S/C13H20N2O2/c1-14-8-11-2-4-12(5-3-11)15-6-7-17-13(9-15)10-16/h2-5,13-14,16H,6-10H2,1H3. The first kappa shape index (κ1) is 12.4. The summed E-state index contributed by atoms with van der Waals surface area (Å²) in [5.74, 6) is 0. The second-order valence-electron chi connectivity index (χ2n) is 4.32. The van der Waals surface area contributed by atoms with E-state index in [-0.39, 0.29) is 12.7 Å². The van der Waals surface area contributed by atoms with E-state index < -0.39 is 0 Å². The van der Waals surface area contributed by atoms with Crippen LogP contribution in [0, 0.1) is 0 Å². The van der Waals surface area contributed by atoms with Gasteiger partial charge in [0.15, 0.2) is 0 Å². The number of nitrogens with zero attached hydrogens (tertiary/aromatic N) is 1. The summed E-state index contributed by atoms with van der Waals surface area (Å²) in [6.07, 6.45) is -0.0549. The fraction of sp³-hybridized carbons (Fsp3) is 0.538. The van der Waals surface area contributed by atoms with Crippen LogP contribution in [0.4, 0.5) is 5.69 Å². The van der Waals surface area contributed by atoms with E-state index in [9.17, 15) is 0 Å². The van der Waals surface area contributed by atoms with Gasteiger partial charge < -0.3 is 20.1 Å². The third-order valence-corrected chi connectivity index (χ3v) is 3.02. The van der Waals surface area contributed by atoms with Crippen LogP contribution in [0.1, 0.15) is 5.56 Å². The molecule has 1 atom stereocenters. The third kappa shape index (κ3) is 3.19. The van der Waals surface area contributed by atoms with Crippen LogP contribution in [0.15, 0.2) is 24.3 Å². The van der Waals surface area contributed by atoms with Gasteiger partial charge in [0.2, 0.25) is 0 Å². The maximum Gasteiger partial charge on any atom is 0.0980 e. The van der Waals surface area contributed by atoms with Gasteiger partial charge in [0.05, 0.1) is 19.3 Å². The van der Waals surface area contributed by atoms with Crippen molar-refractivity contribution in [1.82, 2.24) is 5.32 Å². The second kappa shape index (κ2) is 6.00. The topological polar surface area (TPSA) is 44.7 Å². The van der Waals surface area contributed by atoms with Gasteiger partial charge in [-0.3, -0.25) is 0 Å². The highest BCUT2D eigenvalue weighted by Gasteiger charge is 2.19. The van der Waals surface area contributed by atoms with Crippen molar-refractivity contribution >= 4 is 5.69 Å². The minimum absolute atomic E-state index is 0.0549. The van der Waals surface area contributed by atoms with Crippen molar-refractivity contribution in [1.29, 1.82) is 0 Å². The number of hydrogen-bond donors (Lipinski definition) is 2. The Balaban J connectivity index is 2.01. The second-order valence-corrected chi connectivity index (χ2v) is 4.32. The number of morpholine rings is 1. The number of ether oxygens (including phenoxy) is 1. The summed E-state index contributed by atoms with van der Waals surface area (Å²) in [5, 5.41) is 12.2. The Morgan fingerprint density at radius 3 is 2.82 bits per heavy atom. The molecule has 17 heavy (non-hydrogen) atoms. The molecular formula is C13H20N2O2. The van der Waals surface area contributed by atoms with E-state index in [0.717, 1.165) is 19.6 Å². The van der Waals surface area contributed by atoms with Crippen molar-refractivity contribution in [2.45, 2.75) is 12.6 Å². The highest BCUT2D eigenvalue weighted by molar-refractivity contribution is 5.48. The summed E-state index contributed by atoms with van der Waals surface area (Å²) in [5.41, 5.74) is 2.48. The Bertz CT molecular complexity index is 340. The van der Waals surface area contributed by atoms with Crippen LogP contribution >= 0.6 is 0 Å². The van der Waals surface area contributed by atoms with Crippen LogP contribution in [0.2, 0.25) is 0 Å². The van der Waals surface area contributed by atoms with Gasteiger partial charge in [-0.1, -0.05) is 12.1 Å². The molecule has 4 nitrogen and oxygen atoms in total. The number of hydrogen-bond acceptors (Lipinski definition) is 4. The Morgan fingerprint density at radius 1 is 1.41 bits per heavy atom. The van der Waals surface area contributed by atoms with Crippen molar-refractivity contribution in [3.63, 3.8) is 0 Å². The third-order valence-electron chi connectivity index (χ3n) is 3.02. The minimum Gasteiger partial charge on any atom is -0.394 e. The van der Waals surface area contributed by atoms with Crippen LogP contribution in [0.25, 0.3) is 0 Å². The van der Waals surface area contributed by atoms with Gasteiger partial charge in [0.25, 0.3) is 0 Å². The van der Waals surface area contributed by atoms with E-state index >= 15 is 0 Å². The van der Waals surface area contributed by atoms with Crippen LogP contribution in [0.3, 0.4) is 0 Å². The Hall–Kier alpha value is -1.10. The van der Waals surface area contributed by atoms with Gasteiger partial charge in [-0.2, -0.15) is 0 Å². The molecule has 0 aromatic heterocycles. The normalized spacial score (nSPS) is 20.6. The Kier molecular flexibility index (Phi) is 4.36. The first-order valence-electron chi connectivity index (χ1n) is 6.04. The predicted octanol–water partition coefficient (Wildman–Crippen LogP) is 0.603. The molecule has 0 amide bonds. The molecule has 0 bridgehead atoms. The molecule has 1 unspecified atom stereocenters. The first-order chi connectivity index (χ1) is 8.33. The average molecular weight is 236 g/mol. The molecule has 1 fully saturated rings. The highest BCUT2D eigenvalue weighted by atomic mass is 16.5. The molecule has 1 aliphatic heterocycles. The zero-order valence-electron chi connectivity index (χ0n) is 10.2. The van der Waals surface area contributed by atoms with Gasteiger partial charge in [0.1, 0.15) is 0 Å². The smallest absolute Gasteiger partial charge is 0.0980 e. The molecule has 94 valence electrons. The molecule has 0 radical (unpaired) electrons. The molecule has 0 spiro atoms. The zero-order chi connectivity index (χ0) is 12.1. The first-order valence-corrected chi connectivity index (χ1v) is 6.04. The summed E-state index contributed by atoms with van der Waals surface area (Å²) in [7, 11) is 1.95. The number of anilines is 1.